The van der Waals surface area contributed by atoms with E-state index in [9.17, 15) is 9.90 Å². The van der Waals surface area contributed by atoms with E-state index in [0.29, 0.717) is 13.1 Å². The van der Waals surface area contributed by atoms with Gasteiger partial charge in [0, 0.05) is 6.54 Å². The Kier molecular flexibility index (Phi) is 4.09. The second kappa shape index (κ2) is 6.05. The molecule has 1 N–H and O–H groups in total. The molecule has 0 radical (unpaired) electrons. The van der Waals surface area contributed by atoms with Crippen LogP contribution in [0.15, 0.2) is 54.6 Å². The van der Waals surface area contributed by atoms with Gasteiger partial charge in [-0.05, 0) is 23.3 Å². The van der Waals surface area contributed by atoms with Gasteiger partial charge in [-0.25, -0.2) is 0 Å². The molecule has 1 amide bonds. The van der Waals surface area contributed by atoms with Crippen molar-refractivity contribution in [3.05, 3.63) is 65.7 Å². The van der Waals surface area contributed by atoms with E-state index in [-0.39, 0.29) is 5.91 Å². The van der Waals surface area contributed by atoms with Crippen LogP contribution in [0.5, 0.6) is 5.75 Å². The standard InChI is InChI=1S/C19H21NO3/c1-14-18(21)20(12-15-8-10-17(23-2)11-9-15)13-19(14,22)16-6-4-3-5-7-16/h3-11,14,22H,12-13H2,1-2H3/t14-,19+/m0/s1. The van der Waals surface area contributed by atoms with Crippen LogP contribution in [-0.2, 0) is 16.9 Å². The molecule has 1 aliphatic rings. The van der Waals surface area contributed by atoms with Gasteiger partial charge >= 0.3 is 0 Å². The predicted octanol–water partition coefficient (Wildman–Crippen LogP) is 2.56. The Bertz CT molecular complexity index is 684. The van der Waals surface area contributed by atoms with E-state index >= 15 is 0 Å². The minimum absolute atomic E-state index is 0.0211. The first-order valence-electron chi connectivity index (χ1n) is 7.74. The van der Waals surface area contributed by atoms with E-state index in [1.165, 1.54) is 0 Å². The zero-order chi connectivity index (χ0) is 16.4. The Morgan fingerprint density at radius 2 is 1.83 bits per heavy atom. The van der Waals surface area contributed by atoms with Gasteiger partial charge in [0.1, 0.15) is 11.4 Å². The Morgan fingerprint density at radius 1 is 1.17 bits per heavy atom. The quantitative estimate of drug-likeness (QED) is 0.944. The molecule has 2 atom stereocenters. The Balaban J connectivity index is 1.80. The molecule has 2 aromatic carbocycles. The normalized spacial score (nSPS) is 24.0. The number of β-amino-alcohol motifs (C(OH)–C–C–N with tert-alkyl or cyclic N) is 1. The summed E-state index contributed by atoms with van der Waals surface area (Å²) in [7, 11) is 1.63. The number of likely N-dealkylation sites (tertiary alicyclic amines) is 1. The molecule has 1 fully saturated rings. The van der Waals surface area contributed by atoms with Crippen molar-refractivity contribution in [1.82, 2.24) is 4.90 Å². The van der Waals surface area contributed by atoms with Crippen molar-refractivity contribution in [2.24, 2.45) is 5.92 Å². The van der Waals surface area contributed by atoms with Crippen molar-refractivity contribution < 1.29 is 14.6 Å². The van der Waals surface area contributed by atoms with Gasteiger partial charge in [-0.15, -0.1) is 0 Å². The van der Waals surface area contributed by atoms with Crippen LogP contribution in [0.4, 0.5) is 0 Å². The van der Waals surface area contributed by atoms with Crippen molar-refractivity contribution in [1.29, 1.82) is 0 Å². The summed E-state index contributed by atoms with van der Waals surface area (Å²) in [6.07, 6.45) is 0. The summed E-state index contributed by atoms with van der Waals surface area (Å²) >= 11 is 0. The van der Waals surface area contributed by atoms with Gasteiger partial charge in [-0.2, -0.15) is 0 Å². The SMILES string of the molecule is COc1ccc(CN2C[C@](O)(c3ccccc3)[C@@H](C)C2=O)cc1. The van der Waals surface area contributed by atoms with Crippen molar-refractivity contribution in [2.75, 3.05) is 13.7 Å². The van der Waals surface area contributed by atoms with Crippen molar-refractivity contribution >= 4 is 5.91 Å². The van der Waals surface area contributed by atoms with E-state index in [4.69, 9.17) is 4.74 Å². The number of carbonyl (C=O) groups excluding carboxylic acids is 1. The minimum Gasteiger partial charge on any atom is -0.497 e. The second-order valence-corrected chi connectivity index (χ2v) is 6.05. The molecule has 0 saturated carbocycles. The van der Waals surface area contributed by atoms with Gasteiger partial charge in [0.15, 0.2) is 0 Å². The number of rotatable bonds is 4. The third-order valence-corrected chi connectivity index (χ3v) is 4.64. The first-order valence-corrected chi connectivity index (χ1v) is 7.74. The van der Waals surface area contributed by atoms with Gasteiger partial charge in [-0.3, -0.25) is 4.79 Å². The van der Waals surface area contributed by atoms with Crippen LogP contribution in [0, 0.1) is 5.92 Å². The third kappa shape index (κ3) is 2.82. The van der Waals surface area contributed by atoms with Gasteiger partial charge in [0.25, 0.3) is 0 Å². The summed E-state index contributed by atoms with van der Waals surface area (Å²) in [5, 5.41) is 11.0. The van der Waals surface area contributed by atoms with Crippen LogP contribution in [0.3, 0.4) is 0 Å². The van der Waals surface area contributed by atoms with Gasteiger partial charge in [-0.1, -0.05) is 49.4 Å². The number of methoxy groups -OCH3 is 1. The largest absolute Gasteiger partial charge is 0.497 e. The first kappa shape index (κ1) is 15.6. The van der Waals surface area contributed by atoms with Crippen molar-refractivity contribution in [2.45, 2.75) is 19.1 Å². The Hall–Kier alpha value is -2.33. The summed E-state index contributed by atoms with van der Waals surface area (Å²) in [5.74, 6) is 0.311. The first-order chi connectivity index (χ1) is 11.0. The van der Waals surface area contributed by atoms with Crippen LogP contribution in [-0.4, -0.2) is 29.6 Å². The molecular weight excluding hydrogens is 290 g/mol. The van der Waals surface area contributed by atoms with E-state index in [1.807, 2.05) is 54.6 Å². The summed E-state index contributed by atoms with van der Waals surface area (Å²) in [4.78, 5) is 14.3. The van der Waals surface area contributed by atoms with Gasteiger partial charge in [0.05, 0.1) is 19.6 Å². The average molecular weight is 311 g/mol. The maximum absolute atomic E-state index is 12.6. The summed E-state index contributed by atoms with van der Waals surface area (Å²) in [5.41, 5.74) is 0.673. The number of carbonyl (C=O) groups is 1. The van der Waals surface area contributed by atoms with Gasteiger partial charge in [0.2, 0.25) is 5.91 Å². The number of hydrogen-bond acceptors (Lipinski definition) is 3. The highest BCUT2D eigenvalue weighted by molar-refractivity contribution is 5.83. The molecule has 0 aliphatic carbocycles. The van der Waals surface area contributed by atoms with E-state index in [2.05, 4.69) is 0 Å². The van der Waals surface area contributed by atoms with E-state index in [0.717, 1.165) is 16.9 Å². The maximum atomic E-state index is 12.6. The highest BCUT2D eigenvalue weighted by atomic mass is 16.5. The average Bonchev–Trinajstić information content (AvgIpc) is 2.81. The molecule has 120 valence electrons. The summed E-state index contributed by atoms with van der Waals surface area (Å²) in [6, 6.07) is 17.1. The fourth-order valence-electron chi connectivity index (χ4n) is 3.14. The minimum atomic E-state index is -1.13. The van der Waals surface area contributed by atoms with Crippen molar-refractivity contribution in [3.8, 4) is 5.75 Å². The fourth-order valence-corrected chi connectivity index (χ4v) is 3.14. The predicted molar refractivity (Wildman–Crippen MR) is 87.9 cm³/mol. The molecule has 2 aromatic rings. The third-order valence-electron chi connectivity index (χ3n) is 4.64. The molecule has 3 rings (SSSR count). The van der Waals surface area contributed by atoms with Crippen molar-refractivity contribution in [3.63, 3.8) is 0 Å². The number of nitrogens with zero attached hydrogens (tertiary/aromatic N) is 1. The Labute approximate surface area is 136 Å². The fraction of sp³-hybridized carbons (Fsp3) is 0.316. The number of aliphatic hydroxyl groups is 1. The lowest BCUT2D eigenvalue weighted by molar-refractivity contribution is -0.132. The van der Waals surface area contributed by atoms with Crippen LogP contribution in [0.1, 0.15) is 18.1 Å². The number of amides is 1. The summed E-state index contributed by atoms with van der Waals surface area (Å²) in [6.45, 7) is 2.59. The molecule has 1 saturated heterocycles. The number of benzene rings is 2. The lowest BCUT2D eigenvalue weighted by atomic mass is 9.85. The monoisotopic (exact) mass is 311 g/mol. The maximum Gasteiger partial charge on any atom is 0.229 e. The highest BCUT2D eigenvalue weighted by Gasteiger charge is 2.49. The van der Waals surface area contributed by atoms with Crippen LogP contribution >= 0.6 is 0 Å². The molecule has 0 bridgehead atoms. The topological polar surface area (TPSA) is 49.8 Å². The molecule has 4 heteroatoms. The van der Waals surface area contributed by atoms with Crippen LogP contribution < -0.4 is 4.74 Å². The molecule has 0 unspecified atom stereocenters. The lowest BCUT2D eigenvalue weighted by Crippen LogP contribution is -2.34. The van der Waals surface area contributed by atoms with E-state index in [1.54, 1.807) is 18.9 Å². The number of hydrogen-bond donors (Lipinski definition) is 1. The van der Waals surface area contributed by atoms with E-state index < -0.39 is 11.5 Å². The summed E-state index contributed by atoms with van der Waals surface area (Å²) < 4.78 is 5.15. The van der Waals surface area contributed by atoms with Gasteiger partial charge < -0.3 is 14.7 Å². The smallest absolute Gasteiger partial charge is 0.229 e. The van der Waals surface area contributed by atoms with Crippen LogP contribution in [0.25, 0.3) is 0 Å². The molecular formula is C19H21NO3. The molecule has 0 aromatic heterocycles. The lowest BCUT2D eigenvalue weighted by Gasteiger charge is -2.26. The molecule has 1 heterocycles. The highest BCUT2D eigenvalue weighted by Crippen LogP contribution is 2.38. The number of ether oxygens (including phenoxy) is 1. The zero-order valence-corrected chi connectivity index (χ0v) is 13.4. The molecule has 23 heavy (non-hydrogen) atoms. The second-order valence-electron chi connectivity index (χ2n) is 6.05. The molecule has 1 aliphatic heterocycles. The Morgan fingerprint density at radius 3 is 2.43 bits per heavy atom. The zero-order valence-electron chi connectivity index (χ0n) is 13.4. The molecule has 4 nitrogen and oxygen atoms in total. The van der Waals surface area contributed by atoms with Crippen LogP contribution in [0.2, 0.25) is 0 Å². The molecule has 0 spiro atoms.